The lowest BCUT2D eigenvalue weighted by molar-refractivity contribution is -0.122. The average molecular weight is 714 g/mol. The Balaban J connectivity index is 1.56. The number of hydrogen-bond acceptors (Lipinski definition) is 8. The molecule has 1 saturated heterocycles. The van der Waals surface area contributed by atoms with Crippen molar-refractivity contribution in [3.8, 4) is 23.0 Å². The summed E-state index contributed by atoms with van der Waals surface area (Å²) in [7, 11) is 2.88. The van der Waals surface area contributed by atoms with Crippen molar-refractivity contribution in [3.05, 3.63) is 74.4 Å². The SMILES string of the molecule is CCCOc1ccc(N2C(=O)NC(=O)/C(=C/c3cc(I)c(OCC(=O)Nc4ccc(C)cc4C)c(OC)c3)C2=O)cc1OC. The molecule has 4 rings (SSSR count). The zero-order valence-corrected chi connectivity index (χ0v) is 27.1. The fraction of sp³-hybridized carbons (Fsp3) is 0.250. The summed E-state index contributed by atoms with van der Waals surface area (Å²) in [5.74, 6) is -0.620. The van der Waals surface area contributed by atoms with Crippen LogP contribution in [0.3, 0.4) is 0 Å². The van der Waals surface area contributed by atoms with Crippen molar-refractivity contribution in [2.24, 2.45) is 0 Å². The van der Waals surface area contributed by atoms with Gasteiger partial charge in [-0.15, -0.1) is 0 Å². The largest absolute Gasteiger partial charge is 0.493 e. The molecular formula is C32H32IN3O8. The molecule has 0 unspecified atom stereocenters. The van der Waals surface area contributed by atoms with Crippen molar-refractivity contribution in [2.75, 3.05) is 37.7 Å². The number of hydrogen-bond donors (Lipinski definition) is 2. The summed E-state index contributed by atoms with van der Waals surface area (Å²) in [6.45, 7) is 6.04. The lowest BCUT2D eigenvalue weighted by Gasteiger charge is -2.27. The van der Waals surface area contributed by atoms with Crippen molar-refractivity contribution in [1.29, 1.82) is 0 Å². The molecule has 0 aromatic heterocycles. The summed E-state index contributed by atoms with van der Waals surface area (Å²) in [5, 5.41) is 5.05. The van der Waals surface area contributed by atoms with Crippen molar-refractivity contribution < 1.29 is 38.1 Å². The summed E-state index contributed by atoms with van der Waals surface area (Å²) < 4.78 is 22.9. The number of halogens is 1. The molecule has 2 N–H and O–H groups in total. The first-order chi connectivity index (χ1) is 21.1. The Morgan fingerprint density at radius 2 is 1.70 bits per heavy atom. The Morgan fingerprint density at radius 1 is 0.955 bits per heavy atom. The Kier molecular flexibility index (Phi) is 10.5. The average Bonchev–Trinajstić information content (AvgIpc) is 2.98. The molecule has 3 aromatic rings. The highest BCUT2D eigenvalue weighted by molar-refractivity contribution is 14.1. The smallest absolute Gasteiger partial charge is 0.335 e. The van der Waals surface area contributed by atoms with E-state index in [0.29, 0.717) is 38.7 Å². The van der Waals surface area contributed by atoms with E-state index in [4.69, 9.17) is 18.9 Å². The number of methoxy groups -OCH3 is 2. The topological polar surface area (TPSA) is 132 Å². The third kappa shape index (κ3) is 7.30. The number of barbiturate groups is 1. The quantitative estimate of drug-likeness (QED) is 0.154. The first-order valence-electron chi connectivity index (χ1n) is 13.7. The second-order valence-electron chi connectivity index (χ2n) is 9.83. The molecule has 0 aliphatic carbocycles. The van der Waals surface area contributed by atoms with E-state index >= 15 is 0 Å². The molecule has 1 fully saturated rings. The zero-order valence-electron chi connectivity index (χ0n) is 24.9. The summed E-state index contributed by atoms with van der Waals surface area (Å²) in [5.41, 5.74) is 3.07. The number of nitrogens with one attached hydrogen (secondary N) is 2. The maximum atomic E-state index is 13.5. The Labute approximate surface area is 268 Å². The number of carbonyl (C=O) groups is 4. The van der Waals surface area contributed by atoms with Gasteiger partial charge in [0.05, 0.1) is 30.1 Å². The van der Waals surface area contributed by atoms with Gasteiger partial charge in [-0.3, -0.25) is 19.7 Å². The van der Waals surface area contributed by atoms with Gasteiger partial charge in [0.1, 0.15) is 5.57 Å². The number of nitrogens with zero attached hydrogens (tertiary/aromatic N) is 1. The summed E-state index contributed by atoms with van der Waals surface area (Å²) in [4.78, 5) is 52.5. The van der Waals surface area contributed by atoms with E-state index in [1.165, 1.54) is 32.4 Å². The van der Waals surface area contributed by atoms with Gasteiger partial charge in [-0.1, -0.05) is 24.6 Å². The molecule has 1 aliphatic rings. The summed E-state index contributed by atoms with van der Waals surface area (Å²) >= 11 is 2.01. The van der Waals surface area contributed by atoms with E-state index in [-0.39, 0.29) is 29.5 Å². The monoisotopic (exact) mass is 713 g/mol. The highest BCUT2D eigenvalue weighted by Crippen LogP contribution is 2.36. The van der Waals surface area contributed by atoms with E-state index in [2.05, 4.69) is 10.6 Å². The first kappa shape index (κ1) is 32.3. The van der Waals surface area contributed by atoms with E-state index in [9.17, 15) is 19.2 Å². The normalized spacial score (nSPS) is 13.9. The number of aryl methyl sites for hydroxylation is 2. The maximum Gasteiger partial charge on any atom is 0.335 e. The van der Waals surface area contributed by atoms with Crippen molar-refractivity contribution >= 4 is 63.8 Å². The Hall–Kier alpha value is -4.59. The van der Waals surface area contributed by atoms with E-state index in [0.717, 1.165) is 22.4 Å². The van der Waals surface area contributed by atoms with Crippen LogP contribution in [-0.2, 0) is 14.4 Å². The summed E-state index contributed by atoms with van der Waals surface area (Å²) in [6, 6.07) is 12.7. The van der Waals surface area contributed by atoms with E-state index in [1.54, 1.807) is 18.2 Å². The number of ether oxygens (including phenoxy) is 4. The van der Waals surface area contributed by atoms with Gasteiger partial charge in [0, 0.05) is 11.8 Å². The fourth-order valence-corrected chi connectivity index (χ4v) is 5.21. The molecule has 0 saturated carbocycles. The van der Waals surface area contributed by atoms with Crippen LogP contribution in [0.4, 0.5) is 16.2 Å². The van der Waals surface area contributed by atoms with Crippen LogP contribution in [-0.4, -0.2) is 51.2 Å². The van der Waals surface area contributed by atoms with Crippen LogP contribution in [0.25, 0.3) is 6.08 Å². The molecule has 5 amide bonds. The highest BCUT2D eigenvalue weighted by atomic mass is 127. The number of rotatable bonds is 11. The van der Waals surface area contributed by atoms with Crippen LogP contribution >= 0.6 is 22.6 Å². The van der Waals surface area contributed by atoms with Crippen molar-refractivity contribution in [1.82, 2.24) is 5.32 Å². The van der Waals surface area contributed by atoms with Crippen LogP contribution in [0.1, 0.15) is 30.0 Å². The Bertz CT molecular complexity index is 1650. The van der Waals surface area contributed by atoms with E-state index < -0.39 is 17.8 Å². The number of amides is 5. The lowest BCUT2D eigenvalue weighted by Crippen LogP contribution is -2.54. The van der Waals surface area contributed by atoms with Crippen LogP contribution in [0.2, 0.25) is 0 Å². The number of urea groups is 1. The minimum atomic E-state index is -0.892. The lowest BCUT2D eigenvalue weighted by atomic mass is 10.1. The second kappa shape index (κ2) is 14.3. The molecule has 0 spiro atoms. The molecule has 230 valence electrons. The molecule has 0 atom stereocenters. The zero-order chi connectivity index (χ0) is 32.0. The van der Waals surface area contributed by atoms with Gasteiger partial charge in [-0.05, 0) is 90.4 Å². The Morgan fingerprint density at radius 3 is 2.39 bits per heavy atom. The van der Waals surface area contributed by atoms with Gasteiger partial charge in [0.2, 0.25) is 0 Å². The number of carbonyl (C=O) groups excluding carboxylic acids is 4. The fourth-order valence-electron chi connectivity index (χ4n) is 4.43. The molecule has 1 heterocycles. The standard InChI is InChI=1S/C32H32IN3O8/c1-6-11-43-25-10-8-21(16-26(25)41-4)36-31(39)22(30(38)35-32(36)40)13-20-14-23(33)29(27(15-20)42-5)44-17-28(37)34-24-9-7-18(2)12-19(24)3/h7-10,12-16H,6,11,17H2,1-5H3,(H,34,37)(H,35,38,40)/b22-13-. The van der Waals surface area contributed by atoms with Gasteiger partial charge in [0.15, 0.2) is 29.6 Å². The first-order valence-corrected chi connectivity index (χ1v) is 14.7. The minimum Gasteiger partial charge on any atom is -0.493 e. The van der Waals surface area contributed by atoms with Crippen LogP contribution in [0.5, 0.6) is 23.0 Å². The molecule has 0 radical (unpaired) electrons. The maximum absolute atomic E-state index is 13.5. The molecule has 3 aromatic carbocycles. The van der Waals surface area contributed by atoms with Gasteiger partial charge in [-0.25, -0.2) is 9.69 Å². The van der Waals surface area contributed by atoms with Crippen LogP contribution in [0, 0.1) is 17.4 Å². The number of anilines is 2. The van der Waals surface area contributed by atoms with Gasteiger partial charge >= 0.3 is 6.03 Å². The third-order valence-electron chi connectivity index (χ3n) is 6.54. The minimum absolute atomic E-state index is 0.196. The highest BCUT2D eigenvalue weighted by Gasteiger charge is 2.37. The third-order valence-corrected chi connectivity index (χ3v) is 7.34. The van der Waals surface area contributed by atoms with Gasteiger partial charge in [-0.2, -0.15) is 0 Å². The molecule has 0 bridgehead atoms. The molecule has 11 nitrogen and oxygen atoms in total. The molecule has 12 heteroatoms. The number of imide groups is 2. The van der Waals surface area contributed by atoms with Gasteiger partial charge in [0.25, 0.3) is 17.7 Å². The second-order valence-corrected chi connectivity index (χ2v) is 11.0. The number of benzene rings is 3. The van der Waals surface area contributed by atoms with Gasteiger partial charge < -0.3 is 24.3 Å². The van der Waals surface area contributed by atoms with Crippen LogP contribution < -0.4 is 34.5 Å². The molecule has 1 aliphatic heterocycles. The molecular weight excluding hydrogens is 681 g/mol. The predicted molar refractivity (Wildman–Crippen MR) is 174 cm³/mol. The van der Waals surface area contributed by atoms with E-state index in [1.807, 2.05) is 61.6 Å². The van der Waals surface area contributed by atoms with Crippen LogP contribution in [0.15, 0.2) is 54.1 Å². The van der Waals surface area contributed by atoms with Crippen molar-refractivity contribution in [3.63, 3.8) is 0 Å². The summed E-state index contributed by atoms with van der Waals surface area (Å²) in [6.07, 6.45) is 2.14. The molecule has 44 heavy (non-hydrogen) atoms. The predicted octanol–water partition coefficient (Wildman–Crippen LogP) is 5.40. The van der Waals surface area contributed by atoms with Crippen molar-refractivity contribution in [2.45, 2.75) is 27.2 Å².